The van der Waals surface area contributed by atoms with Crippen LogP contribution in [0.3, 0.4) is 0 Å². The van der Waals surface area contributed by atoms with Gasteiger partial charge in [-0.2, -0.15) is 0 Å². The van der Waals surface area contributed by atoms with E-state index in [9.17, 15) is 9.59 Å². The standard InChI is InChI=1S/C9H13ClO2/c1-6(2)9(8(10)12)4-3-7(11)5-9/h6H,3-5H2,1-2H3. The molecule has 0 spiro atoms. The summed E-state index contributed by atoms with van der Waals surface area (Å²) in [7, 11) is 0. The van der Waals surface area contributed by atoms with Crippen molar-refractivity contribution in [3.63, 3.8) is 0 Å². The van der Waals surface area contributed by atoms with Gasteiger partial charge in [0.05, 0.1) is 5.41 Å². The van der Waals surface area contributed by atoms with Gasteiger partial charge < -0.3 is 0 Å². The fourth-order valence-corrected chi connectivity index (χ4v) is 2.16. The van der Waals surface area contributed by atoms with Crippen LogP contribution in [-0.2, 0) is 9.59 Å². The predicted molar refractivity (Wildman–Crippen MR) is 47.0 cm³/mol. The summed E-state index contributed by atoms with van der Waals surface area (Å²) in [5, 5.41) is -0.344. The molecule has 0 heterocycles. The van der Waals surface area contributed by atoms with E-state index in [4.69, 9.17) is 11.6 Å². The Labute approximate surface area is 77.3 Å². The lowest BCUT2D eigenvalue weighted by Gasteiger charge is -2.27. The first kappa shape index (κ1) is 9.72. The Balaban J connectivity index is 2.89. The topological polar surface area (TPSA) is 34.1 Å². The fraction of sp³-hybridized carbons (Fsp3) is 0.778. The van der Waals surface area contributed by atoms with Gasteiger partial charge in [-0.05, 0) is 23.9 Å². The second-order valence-electron chi connectivity index (χ2n) is 3.80. The molecule has 1 atom stereocenters. The quantitative estimate of drug-likeness (QED) is 0.623. The van der Waals surface area contributed by atoms with E-state index in [2.05, 4.69) is 0 Å². The number of ketones is 1. The Kier molecular flexibility index (Phi) is 2.57. The number of halogens is 1. The summed E-state index contributed by atoms with van der Waals surface area (Å²) in [6, 6.07) is 0. The van der Waals surface area contributed by atoms with Crippen molar-refractivity contribution >= 4 is 22.6 Å². The highest BCUT2D eigenvalue weighted by atomic mass is 35.5. The van der Waals surface area contributed by atoms with Crippen molar-refractivity contribution in [3.05, 3.63) is 0 Å². The van der Waals surface area contributed by atoms with Gasteiger partial charge in [0.15, 0.2) is 0 Å². The SMILES string of the molecule is CC(C)C1(C(=O)Cl)CCC(=O)C1. The predicted octanol–water partition coefficient (Wildman–Crippen LogP) is 2.15. The van der Waals surface area contributed by atoms with Crippen molar-refractivity contribution < 1.29 is 9.59 Å². The van der Waals surface area contributed by atoms with Crippen molar-refractivity contribution in [2.24, 2.45) is 11.3 Å². The average molecular weight is 189 g/mol. The third-order valence-electron chi connectivity index (χ3n) is 2.86. The maximum Gasteiger partial charge on any atom is 0.228 e. The molecule has 1 unspecified atom stereocenters. The van der Waals surface area contributed by atoms with E-state index in [1.807, 2.05) is 13.8 Å². The van der Waals surface area contributed by atoms with Crippen LogP contribution < -0.4 is 0 Å². The van der Waals surface area contributed by atoms with E-state index in [-0.39, 0.29) is 16.9 Å². The van der Waals surface area contributed by atoms with Gasteiger partial charge in [-0.15, -0.1) is 0 Å². The van der Waals surface area contributed by atoms with Crippen molar-refractivity contribution in [2.75, 3.05) is 0 Å². The maximum absolute atomic E-state index is 11.2. The zero-order chi connectivity index (χ0) is 9.35. The molecular formula is C9H13ClO2. The van der Waals surface area contributed by atoms with Crippen molar-refractivity contribution in [3.8, 4) is 0 Å². The molecule has 0 radical (unpaired) electrons. The minimum atomic E-state index is -0.557. The number of Topliss-reactive ketones (excluding diaryl/α,β-unsaturated/α-hetero) is 1. The first-order chi connectivity index (χ1) is 5.49. The molecule has 68 valence electrons. The van der Waals surface area contributed by atoms with Crippen LogP contribution in [0.25, 0.3) is 0 Å². The van der Waals surface area contributed by atoms with Crippen LogP contribution in [0.5, 0.6) is 0 Å². The van der Waals surface area contributed by atoms with Crippen molar-refractivity contribution in [1.82, 2.24) is 0 Å². The number of hydrogen-bond donors (Lipinski definition) is 0. The highest BCUT2D eigenvalue weighted by molar-refractivity contribution is 6.65. The molecule has 12 heavy (non-hydrogen) atoms. The molecule has 0 bridgehead atoms. The second kappa shape index (κ2) is 3.17. The lowest BCUT2D eigenvalue weighted by Crippen LogP contribution is -2.30. The number of hydrogen-bond acceptors (Lipinski definition) is 2. The normalized spacial score (nSPS) is 29.8. The molecule has 0 saturated heterocycles. The van der Waals surface area contributed by atoms with E-state index in [0.29, 0.717) is 19.3 Å². The largest absolute Gasteiger partial charge is 0.300 e. The third-order valence-corrected chi connectivity index (χ3v) is 3.24. The molecule has 1 aliphatic rings. The molecule has 2 nitrogen and oxygen atoms in total. The number of carbonyl (C=O) groups is 2. The lowest BCUT2D eigenvalue weighted by molar-refractivity contribution is -0.126. The van der Waals surface area contributed by atoms with Crippen molar-refractivity contribution in [1.29, 1.82) is 0 Å². The van der Waals surface area contributed by atoms with Crippen LogP contribution in [0.15, 0.2) is 0 Å². The molecule has 1 aliphatic carbocycles. The van der Waals surface area contributed by atoms with Gasteiger partial charge in [-0.1, -0.05) is 13.8 Å². The summed E-state index contributed by atoms with van der Waals surface area (Å²) in [5.74, 6) is 0.326. The summed E-state index contributed by atoms with van der Waals surface area (Å²) in [4.78, 5) is 22.2. The van der Waals surface area contributed by atoms with Crippen molar-refractivity contribution in [2.45, 2.75) is 33.1 Å². The highest BCUT2D eigenvalue weighted by Gasteiger charge is 2.46. The molecule has 0 N–H and O–H groups in total. The van der Waals surface area contributed by atoms with Crippen LogP contribution in [0.4, 0.5) is 0 Å². The van der Waals surface area contributed by atoms with E-state index in [1.165, 1.54) is 0 Å². The maximum atomic E-state index is 11.2. The van der Waals surface area contributed by atoms with E-state index < -0.39 is 5.41 Å². The summed E-state index contributed by atoms with van der Waals surface area (Å²) in [6.07, 6.45) is 1.48. The molecular weight excluding hydrogens is 176 g/mol. The van der Waals surface area contributed by atoms with E-state index in [0.717, 1.165) is 0 Å². The molecule has 0 aromatic heterocycles. The first-order valence-electron chi connectivity index (χ1n) is 4.20. The molecule has 0 aromatic rings. The van der Waals surface area contributed by atoms with Crippen LogP contribution in [0, 0.1) is 11.3 Å². The molecule has 1 rings (SSSR count). The van der Waals surface area contributed by atoms with Crippen LogP contribution in [0.1, 0.15) is 33.1 Å². The Bertz CT molecular complexity index is 223. The third kappa shape index (κ3) is 1.40. The zero-order valence-electron chi connectivity index (χ0n) is 7.39. The second-order valence-corrected chi connectivity index (χ2v) is 4.14. The molecule has 1 saturated carbocycles. The van der Waals surface area contributed by atoms with Gasteiger partial charge >= 0.3 is 0 Å². The van der Waals surface area contributed by atoms with Crippen LogP contribution >= 0.6 is 11.6 Å². The summed E-state index contributed by atoms with van der Waals surface area (Å²) in [5.41, 5.74) is -0.557. The Morgan fingerprint density at radius 2 is 2.17 bits per heavy atom. The average Bonchev–Trinajstić information content (AvgIpc) is 2.32. The van der Waals surface area contributed by atoms with Gasteiger partial charge in [0.25, 0.3) is 0 Å². The first-order valence-corrected chi connectivity index (χ1v) is 4.58. The number of rotatable bonds is 2. The Hall–Kier alpha value is -0.370. The van der Waals surface area contributed by atoms with Gasteiger partial charge in [0.2, 0.25) is 5.24 Å². The Morgan fingerprint density at radius 1 is 1.58 bits per heavy atom. The summed E-state index contributed by atoms with van der Waals surface area (Å²) in [6.45, 7) is 3.89. The summed E-state index contributed by atoms with van der Waals surface area (Å²) >= 11 is 5.51. The van der Waals surface area contributed by atoms with Gasteiger partial charge in [0, 0.05) is 12.8 Å². The number of carbonyl (C=O) groups excluding carboxylic acids is 2. The minimum absolute atomic E-state index is 0.161. The van der Waals surface area contributed by atoms with E-state index >= 15 is 0 Å². The Morgan fingerprint density at radius 3 is 2.33 bits per heavy atom. The van der Waals surface area contributed by atoms with Crippen LogP contribution in [-0.4, -0.2) is 11.0 Å². The molecule has 0 amide bonds. The van der Waals surface area contributed by atoms with Crippen LogP contribution in [0.2, 0.25) is 0 Å². The van der Waals surface area contributed by atoms with Gasteiger partial charge in [0.1, 0.15) is 5.78 Å². The summed E-state index contributed by atoms with van der Waals surface area (Å²) < 4.78 is 0. The molecule has 1 fully saturated rings. The zero-order valence-corrected chi connectivity index (χ0v) is 8.15. The monoisotopic (exact) mass is 188 g/mol. The smallest absolute Gasteiger partial charge is 0.228 e. The highest BCUT2D eigenvalue weighted by Crippen LogP contribution is 2.44. The van der Waals surface area contributed by atoms with Gasteiger partial charge in [-0.3, -0.25) is 9.59 Å². The lowest BCUT2D eigenvalue weighted by atomic mass is 9.77. The minimum Gasteiger partial charge on any atom is -0.300 e. The molecule has 0 aromatic carbocycles. The molecule has 3 heteroatoms. The van der Waals surface area contributed by atoms with Gasteiger partial charge in [-0.25, -0.2) is 0 Å². The van der Waals surface area contributed by atoms with E-state index in [1.54, 1.807) is 0 Å². The fourth-order valence-electron chi connectivity index (χ4n) is 1.78. The molecule has 0 aliphatic heterocycles.